The molecule has 0 aliphatic heterocycles. The van der Waals surface area contributed by atoms with E-state index in [1.807, 2.05) is 11.8 Å². The highest BCUT2D eigenvalue weighted by Crippen LogP contribution is 2.39. The number of thioether (sulfide) groups is 1. The summed E-state index contributed by atoms with van der Waals surface area (Å²) in [7, 11) is 1.43. The lowest BCUT2D eigenvalue weighted by Gasteiger charge is -2.26. The minimum Gasteiger partial charge on any atom is -0.469 e. The highest BCUT2D eigenvalue weighted by atomic mass is 32.2. The number of ether oxygens (including phenoxy) is 1. The van der Waals surface area contributed by atoms with Gasteiger partial charge in [0.15, 0.2) is 0 Å². The molecule has 0 radical (unpaired) electrons. The van der Waals surface area contributed by atoms with Crippen molar-refractivity contribution < 1.29 is 9.53 Å². The lowest BCUT2D eigenvalue weighted by atomic mass is 10.1. The van der Waals surface area contributed by atoms with Crippen molar-refractivity contribution >= 4 is 17.7 Å². The second-order valence-electron chi connectivity index (χ2n) is 4.10. The van der Waals surface area contributed by atoms with Crippen molar-refractivity contribution in [3.63, 3.8) is 0 Å². The van der Waals surface area contributed by atoms with Crippen LogP contribution in [0.3, 0.4) is 0 Å². The van der Waals surface area contributed by atoms with Gasteiger partial charge in [-0.2, -0.15) is 11.8 Å². The molecule has 0 saturated heterocycles. The van der Waals surface area contributed by atoms with Crippen LogP contribution >= 0.6 is 11.8 Å². The largest absolute Gasteiger partial charge is 0.469 e. The Bertz CT molecular complexity index is 203. The Morgan fingerprint density at radius 2 is 2.13 bits per heavy atom. The van der Waals surface area contributed by atoms with Crippen molar-refractivity contribution in [2.75, 3.05) is 26.5 Å². The third kappa shape index (κ3) is 4.03. The molecule has 4 heteroatoms. The number of hydrogen-bond acceptors (Lipinski definition) is 4. The number of rotatable bonds is 6. The molecule has 1 aliphatic carbocycles. The zero-order valence-corrected chi connectivity index (χ0v) is 10.5. The van der Waals surface area contributed by atoms with Gasteiger partial charge in [-0.3, -0.25) is 4.79 Å². The molecule has 1 rings (SSSR count). The van der Waals surface area contributed by atoms with Crippen LogP contribution in [-0.4, -0.2) is 37.2 Å². The van der Waals surface area contributed by atoms with Crippen LogP contribution < -0.4 is 5.32 Å². The van der Waals surface area contributed by atoms with Gasteiger partial charge in [0.1, 0.15) is 0 Å². The molecular formula is C11H21NO2S. The second-order valence-corrected chi connectivity index (χ2v) is 5.37. The predicted molar refractivity (Wildman–Crippen MR) is 64.2 cm³/mol. The molecule has 3 nitrogen and oxygen atoms in total. The van der Waals surface area contributed by atoms with Gasteiger partial charge < -0.3 is 10.1 Å². The van der Waals surface area contributed by atoms with Gasteiger partial charge in [-0.1, -0.05) is 12.8 Å². The monoisotopic (exact) mass is 231 g/mol. The Hall–Kier alpha value is -0.220. The first-order valence-corrected chi connectivity index (χ1v) is 6.77. The van der Waals surface area contributed by atoms with Gasteiger partial charge >= 0.3 is 5.97 Å². The van der Waals surface area contributed by atoms with Crippen LogP contribution in [-0.2, 0) is 9.53 Å². The standard InChI is InChI=1S/C11H21NO2S/c1-14-10(13)5-8-12-9-11(15-2)6-3-4-7-11/h12H,3-9H2,1-2H3. The molecule has 0 amide bonds. The normalized spacial score (nSPS) is 19.1. The third-order valence-corrected chi connectivity index (χ3v) is 4.55. The molecule has 0 aromatic rings. The van der Waals surface area contributed by atoms with Gasteiger partial charge in [0.2, 0.25) is 0 Å². The van der Waals surface area contributed by atoms with E-state index in [2.05, 4.69) is 16.3 Å². The number of esters is 1. The number of carbonyl (C=O) groups is 1. The fraction of sp³-hybridized carbons (Fsp3) is 0.909. The van der Waals surface area contributed by atoms with E-state index in [1.165, 1.54) is 32.8 Å². The summed E-state index contributed by atoms with van der Waals surface area (Å²) >= 11 is 1.97. The van der Waals surface area contributed by atoms with Crippen molar-refractivity contribution in [1.82, 2.24) is 5.32 Å². The van der Waals surface area contributed by atoms with Crippen LogP contribution in [0.2, 0.25) is 0 Å². The topological polar surface area (TPSA) is 38.3 Å². The molecule has 0 bridgehead atoms. The van der Waals surface area contributed by atoms with Crippen molar-refractivity contribution in [3.05, 3.63) is 0 Å². The highest BCUT2D eigenvalue weighted by molar-refractivity contribution is 8.00. The van der Waals surface area contributed by atoms with E-state index in [0.717, 1.165) is 13.1 Å². The summed E-state index contributed by atoms with van der Waals surface area (Å²) in [5.41, 5.74) is 0. The molecule has 0 unspecified atom stereocenters. The minimum atomic E-state index is -0.132. The lowest BCUT2D eigenvalue weighted by molar-refractivity contribution is -0.140. The van der Waals surface area contributed by atoms with Crippen molar-refractivity contribution in [2.45, 2.75) is 36.9 Å². The van der Waals surface area contributed by atoms with Crippen LogP contribution in [0.25, 0.3) is 0 Å². The average Bonchev–Trinajstić information content (AvgIpc) is 2.73. The van der Waals surface area contributed by atoms with Crippen LogP contribution in [0.4, 0.5) is 0 Å². The number of methoxy groups -OCH3 is 1. The molecule has 0 heterocycles. The Morgan fingerprint density at radius 3 is 2.67 bits per heavy atom. The number of carbonyl (C=O) groups excluding carboxylic acids is 1. The van der Waals surface area contributed by atoms with Crippen LogP contribution in [0.15, 0.2) is 0 Å². The number of nitrogens with one attached hydrogen (secondary N) is 1. The molecular weight excluding hydrogens is 210 g/mol. The zero-order chi connectivity index (χ0) is 11.1. The molecule has 88 valence electrons. The van der Waals surface area contributed by atoms with Gasteiger partial charge in [-0.15, -0.1) is 0 Å². The Morgan fingerprint density at radius 1 is 1.47 bits per heavy atom. The van der Waals surface area contributed by atoms with E-state index in [0.29, 0.717) is 11.2 Å². The fourth-order valence-electron chi connectivity index (χ4n) is 2.08. The van der Waals surface area contributed by atoms with Gasteiger partial charge in [-0.25, -0.2) is 0 Å². The van der Waals surface area contributed by atoms with E-state index in [9.17, 15) is 4.79 Å². The maximum absolute atomic E-state index is 10.9. The van der Waals surface area contributed by atoms with Crippen LogP contribution in [0.5, 0.6) is 0 Å². The van der Waals surface area contributed by atoms with E-state index in [-0.39, 0.29) is 5.97 Å². The molecule has 1 saturated carbocycles. The summed E-state index contributed by atoms with van der Waals surface area (Å²) in [5.74, 6) is -0.132. The Balaban J connectivity index is 2.15. The maximum Gasteiger partial charge on any atom is 0.306 e. The number of hydrogen-bond donors (Lipinski definition) is 1. The van der Waals surface area contributed by atoms with E-state index < -0.39 is 0 Å². The third-order valence-electron chi connectivity index (χ3n) is 3.13. The molecule has 0 atom stereocenters. The molecule has 1 N–H and O–H groups in total. The fourth-order valence-corrected chi connectivity index (χ4v) is 3.02. The lowest BCUT2D eigenvalue weighted by Crippen LogP contribution is -2.36. The first kappa shape index (κ1) is 12.8. The first-order valence-electron chi connectivity index (χ1n) is 5.55. The summed E-state index contributed by atoms with van der Waals surface area (Å²) in [6.45, 7) is 1.75. The van der Waals surface area contributed by atoms with Crippen molar-refractivity contribution in [1.29, 1.82) is 0 Å². The van der Waals surface area contributed by atoms with E-state index >= 15 is 0 Å². The van der Waals surface area contributed by atoms with Gasteiger partial charge in [0, 0.05) is 17.8 Å². The summed E-state index contributed by atoms with van der Waals surface area (Å²) in [4.78, 5) is 10.9. The van der Waals surface area contributed by atoms with Crippen LogP contribution in [0.1, 0.15) is 32.1 Å². The van der Waals surface area contributed by atoms with Gasteiger partial charge in [0.25, 0.3) is 0 Å². The Kier molecular flexibility index (Phi) is 5.47. The smallest absolute Gasteiger partial charge is 0.306 e. The maximum atomic E-state index is 10.9. The average molecular weight is 231 g/mol. The summed E-state index contributed by atoms with van der Waals surface area (Å²) < 4.78 is 5.02. The molecule has 1 fully saturated rings. The van der Waals surface area contributed by atoms with E-state index in [1.54, 1.807) is 0 Å². The molecule has 1 aliphatic rings. The second kappa shape index (κ2) is 6.38. The molecule has 15 heavy (non-hydrogen) atoms. The summed E-state index contributed by atoms with van der Waals surface area (Å²) in [6.07, 6.45) is 7.96. The minimum absolute atomic E-state index is 0.132. The highest BCUT2D eigenvalue weighted by Gasteiger charge is 2.32. The summed E-state index contributed by atoms with van der Waals surface area (Å²) in [5, 5.41) is 3.36. The molecule has 0 aromatic heterocycles. The van der Waals surface area contributed by atoms with Crippen molar-refractivity contribution in [3.8, 4) is 0 Å². The quantitative estimate of drug-likeness (QED) is 0.559. The Labute approximate surface area is 96.3 Å². The first-order chi connectivity index (χ1) is 7.22. The SMILES string of the molecule is COC(=O)CCNCC1(SC)CCCC1. The van der Waals surface area contributed by atoms with Gasteiger partial charge in [0.05, 0.1) is 13.5 Å². The van der Waals surface area contributed by atoms with Gasteiger partial charge in [-0.05, 0) is 19.1 Å². The zero-order valence-electron chi connectivity index (χ0n) is 9.67. The van der Waals surface area contributed by atoms with Crippen LogP contribution in [0, 0.1) is 0 Å². The van der Waals surface area contributed by atoms with Crippen molar-refractivity contribution in [2.24, 2.45) is 0 Å². The predicted octanol–water partition coefficient (Wildman–Crippen LogP) is 1.81. The summed E-state index contributed by atoms with van der Waals surface area (Å²) in [6, 6.07) is 0. The van der Waals surface area contributed by atoms with E-state index in [4.69, 9.17) is 0 Å². The molecule has 0 aromatic carbocycles. The molecule has 0 spiro atoms.